The molecule has 0 atom stereocenters. The van der Waals surface area contributed by atoms with Crippen LogP contribution in [0.4, 0.5) is 17.1 Å². The minimum atomic E-state index is -0.116. The number of hydrogen-bond donors (Lipinski definition) is 0. The Morgan fingerprint density at radius 1 is 0.261 bits per heavy atom. The molecular formula is C68H51N. The van der Waals surface area contributed by atoms with E-state index >= 15 is 0 Å². The average Bonchev–Trinajstić information content (AvgIpc) is 3.78. The molecule has 0 fully saturated rings. The zero-order chi connectivity index (χ0) is 46.4. The molecule has 0 bridgehead atoms. The number of hydrogen-bond acceptors (Lipinski definition) is 1. The first-order valence-electron chi connectivity index (χ1n) is 24.3. The summed E-state index contributed by atoms with van der Waals surface area (Å²) in [5, 5.41) is 5.07. The van der Waals surface area contributed by atoms with Crippen LogP contribution in [-0.4, -0.2) is 0 Å². The lowest BCUT2D eigenvalue weighted by atomic mass is 9.78. The molecule has 2 aliphatic carbocycles. The zero-order valence-electron chi connectivity index (χ0n) is 39.5. The van der Waals surface area contributed by atoms with E-state index in [0.29, 0.717) is 0 Å². The van der Waals surface area contributed by atoms with Gasteiger partial charge in [-0.25, -0.2) is 0 Å². The summed E-state index contributed by atoms with van der Waals surface area (Å²) in [6.07, 6.45) is 0. The van der Waals surface area contributed by atoms with E-state index in [4.69, 9.17) is 0 Å². The lowest BCUT2D eigenvalue weighted by molar-refractivity contribution is 0.660. The minimum Gasteiger partial charge on any atom is -0.311 e. The van der Waals surface area contributed by atoms with Gasteiger partial charge < -0.3 is 4.90 Å². The monoisotopic (exact) mass is 881 g/mol. The number of rotatable bonds is 7. The second-order valence-electron chi connectivity index (χ2n) is 20.0. The fraction of sp³-hybridized carbons (Fsp3) is 0.0882. The molecule has 1 heteroatoms. The summed E-state index contributed by atoms with van der Waals surface area (Å²) in [6, 6.07) is 88.0. The molecule has 13 rings (SSSR count). The fourth-order valence-electron chi connectivity index (χ4n) is 12.0. The van der Waals surface area contributed by atoms with Crippen molar-refractivity contribution in [2.75, 3.05) is 4.90 Å². The van der Waals surface area contributed by atoms with Crippen molar-refractivity contribution >= 4 is 38.6 Å². The van der Waals surface area contributed by atoms with Crippen LogP contribution in [0.25, 0.3) is 88.3 Å². The fourth-order valence-corrected chi connectivity index (χ4v) is 12.0. The SMILES string of the molecule is CC1(C)c2ccccc2-c2ccc(-c3ccc(N(c4ccc(-c5ccccc5-c5cccc6c5C(C)(C)c5ccccc5-6)cc4)c4ccc(-c5cc6ccccc6c6ccccc56)cc4)cc3)cc21. The van der Waals surface area contributed by atoms with Gasteiger partial charge in [-0.15, -0.1) is 0 Å². The number of benzene rings is 11. The third kappa shape index (κ3) is 6.45. The van der Waals surface area contributed by atoms with Crippen molar-refractivity contribution in [1.82, 2.24) is 0 Å². The molecule has 0 radical (unpaired) electrons. The van der Waals surface area contributed by atoms with E-state index in [9.17, 15) is 0 Å². The van der Waals surface area contributed by atoms with Crippen LogP contribution in [0.5, 0.6) is 0 Å². The van der Waals surface area contributed by atoms with Crippen LogP contribution in [-0.2, 0) is 10.8 Å². The molecule has 328 valence electrons. The summed E-state index contributed by atoms with van der Waals surface area (Å²) in [6.45, 7) is 9.46. The molecule has 0 N–H and O–H groups in total. The first kappa shape index (κ1) is 41.0. The van der Waals surface area contributed by atoms with Crippen molar-refractivity contribution in [1.29, 1.82) is 0 Å². The molecule has 0 saturated heterocycles. The Balaban J connectivity index is 0.896. The van der Waals surface area contributed by atoms with Crippen LogP contribution >= 0.6 is 0 Å². The lowest BCUT2D eigenvalue weighted by Crippen LogP contribution is -2.16. The van der Waals surface area contributed by atoms with Gasteiger partial charge >= 0.3 is 0 Å². The average molecular weight is 882 g/mol. The third-order valence-electron chi connectivity index (χ3n) is 15.5. The summed E-state index contributed by atoms with van der Waals surface area (Å²) in [7, 11) is 0. The van der Waals surface area contributed by atoms with E-state index < -0.39 is 0 Å². The Bertz CT molecular complexity index is 3810. The quantitative estimate of drug-likeness (QED) is 0.144. The predicted molar refractivity (Wildman–Crippen MR) is 293 cm³/mol. The molecule has 0 aliphatic heterocycles. The highest BCUT2D eigenvalue weighted by Gasteiger charge is 2.38. The van der Waals surface area contributed by atoms with Gasteiger partial charge in [-0.2, -0.15) is 0 Å². The van der Waals surface area contributed by atoms with Gasteiger partial charge in [0.1, 0.15) is 0 Å². The van der Waals surface area contributed by atoms with E-state index in [1.165, 1.54) is 111 Å². The normalized spacial score (nSPS) is 13.7. The minimum absolute atomic E-state index is 0.0553. The molecule has 1 nitrogen and oxygen atoms in total. The number of anilines is 3. The smallest absolute Gasteiger partial charge is 0.0462 e. The molecule has 0 saturated carbocycles. The Morgan fingerprint density at radius 3 is 1.35 bits per heavy atom. The maximum absolute atomic E-state index is 2.41. The van der Waals surface area contributed by atoms with Gasteiger partial charge in [0.25, 0.3) is 0 Å². The summed E-state index contributed by atoms with van der Waals surface area (Å²) in [5.41, 5.74) is 23.9. The van der Waals surface area contributed by atoms with E-state index in [1.54, 1.807) is 0 Å². The van der Waals surface area contributed by atoms with Crippen molar-refractivity contribution in [2.45, 2.75) is 38.5 Å². The van der Waals surface area contributed by atoms with Crippen LogP contribution in [0.2, 0.25) is 0 Å². The van der Waals surface area contributed by atoms with Crippen LogP contribution in [0, 0.1) is 0 Å². The summed E-state index contributed by atoms with van der Waals surface area (Å²) < 4.78 is 0. The second-order valence-corrected chi connectivity index (χ2v) is 20.0. The standard InChI is InChI=1S/C68H51N/c1-67(2)63-26-13-11-22-57(63)59-41-34-47(43-65(59)67)44-28-35-49(36-29-44)69(51-39-32-46(33-40-51)62-42-48-16-5-6-18-53(48)54-19-9-10-21-56(54)62)50-37-30-45(31-38-50)52-17-7-8-20-55(52)60-24-15-25-61-58-23-12-14-27-64(58)68(3,4)66(60)61/h5-43H,1-4H3. The second kappa shape index (κ2) is 15.7. The molecule has 69 heavy (non-hydrogen) atoms. The van der Waals surface area contributed by atoms with Crippen LogP contribution in [0.15, 0.2) is 237 Å². The Hall–Kier alpha value is -8.26. The highest BCUT2D eigenvalue weighted by atomic mass is 15.1. The molecule has 0 spiro atoms. The van der Waals surface area contributed by atoms with Crippen molar-refractivity contribution in [2.24, 2.45) is 0 Å². The molecule has 11 aromatic rings. The first-order valence-corrected chi connectivity index (χ1v) is 24.3. The largest absolute Gasteiger partial charge is 0.311 e. The highest BCUT2D eigenvalue weighted by molar-refractivity contribution is 6.13. The number of nitrogens with zero attached hydrogens (tertiary/aromatic N) is 1. The molecule has 2 aliphatic rings. The molecule has 0 heterocycles. The topological polar surface area (TPSA) is 3.24 Å². The van der Waals surface area contributed by atoms with E-state index in [1.807, 2.05) is 0 Å². The van der Waals surface area contributed by atoms with Gasteiger partial charge in [-0.05, 0) is 159 Å². The van der Waals surface area contributed by atoms with Crippen molar-refractivity contribution in [3.63, 3.8) is 0 Å². The van der Waals surface area contributed by atoms with Gasteiger partial charge in [-0.1, -0.05) is 216 Å². The van der Waals surface area contributed by atoms with E-state index in [0.717, 1.165) is 17.1 Å². The van der Waals surface area contributed by atoms with Crippen molar-refractivity contribution < 1.29 is 0 Å². The van der Waals surface area contributed by atoms with Gasteiger partial charge in [-0.3, -0.25) is 0 Å². The first-order chi connectivity index (χ1) is 33.7. The number of fused-ring (bicyclic) bond motifs is 9. The molecular weight excluding hydrogens is 831 g/mol. The van der Waals surface area contributed by atoms with Gasteiger partial charge in [0, 0.05) is 27.9 Å². The Kier molecular flexibility index (Phi) is 9.30. The van der Waals surface area contributed by atoms with E-state index in [2.05, 4.69) is 269 Å². The van der Waals surface area contributed by atoms with Crippen molar-refractivity contribution in [3.05, 3.63) is 259 Å². The van der Waals surface area contributed by atoms with Crippen molar-refractivity contribution in [3.8, 4) is 66.8 Å². The maximum atomic E-state index is 2.41. The van der Waals surface area contributed by atoms with Gasteiger partial charge in [0.2, 0.25) is 0 Å². The van der Waals surface area contributed by atoms with Gasteiger partial charge in [0.05, 0.1) is 0 Å². The van der Waals surface area contributed by atoms with Gasteiger partial charge in [0.15, 0.2) is 0 Å². The summed E-state index contributed by atoms with van der Waals surface area (Å²) in [4.78, 5) is 2.40. The molecule has 0 amide bonds. The van der Waals surface area contributed by atoms with Crippen LogP contribution < -0.4 is 4.90 Å². The Labute approximate surface area is 405 Å². The highest BCUT2D eigenvalue weighted by Crippen LogP contribution is 2.54. The van der Waals surface area contributed by atoms with Crippen LogP contribution in [0.3, 0.4) is 0 Å². The lowest BCUT2D eigenvalue weighted by Gasteiger charge is -2.27. The molecule has 11 aromatic carbocycles. The zero-order valence-corrected chi connectivity index (χ0v) is 39.5. The third-order valence-corrected chi connectivity index (χ3v) is 15.5. The Morgan fingerprint density at radius 2 is 0.696 bits per heavy atom. The molecule has 0 aromatic heterocycles. The predicted octanol–water partition coefficient (Wildman–Crippen LogP) is 18.7. The molecule has 0 unspecified atom stereocenters. The maximum Gasteiger partial charge on any atom is 0.0462 e. The van der Waals surface area contributed by atoms with E-state index in [-0.39, 0.29) is 10.8 Å². The van der Waals surface area contributed by atoms with Crippen LogP contribution in [0.1, 0.15) is 49.9 Å². The summed E-state index contributed by atoms with van der Waals surface area (Å²) >= 11 is 0. The summed E-state index contributed by atoms with van der Waals surface area (Å²) in [5.74, 6) is 0.